The van der Waals surface area contributed by atoms with Crippen LogP contribution < -0.4 is 15.0 Å². The van der Waals surface area contributed by atoms with Crippen molar-refractivity contribution in [2.75, 3.05) is 25.5 Å². The zero-order valence-corrected chi connectivity index (χ0v) is 16.7. The largest absolute Gasteiger partial charge is 0.504 e. The van der Waals surface area contributed by atoms with E-state index in [1.807, 2.05) is 12.1 Å². The van der Waals surface area contributed by atoms with Gasteiger partial charge in [-0.1, -0.05) is 12.1 Å². The number of quaternary nitrogens is 1. The summed E-state index contributed by atoms with van der Waals surface area (Å²) in [6.45, 7) is 4.01. The number of piperidine rings is 1. The topological polar surface area (TPSA) is 63.8 Å². The number of benzene rings is 2. The van der Waals surface area contributed by atoms with Crippen molar-refractivity contribution in [3.05, 3.63) is 47.8 Å². The molecule has 0 bridgehead atoms. The molecule has 0 atom stereocenters. The fourth-order valence-electron chi connectivity index (χ4n) is 4.04. The van der Waals surface area contributed by atoms with Crippen LogP contribution in [0.1, 0.15) is 30.7 Å². The molecule has 3 N–H and O–H groups in total. The molecule has 6 heteroatoms. The number of aromatic nitrogens is 2. The lowest BCUT2D eigenvalue weighted by Crippen LogP contribution is -3.11. The number of aromatic hydroxyl groups is 1. The summed E-state index contributed by atoms with van der Waals surface area (Å²) in [6.07, 6.45) is 4.01. The number of fused-ring (bicyclic) bond motifs is 1. The number of ether oxygens (including phenoxy) is 1. The van der Waals surface area contributed by atoms with Gasteiger partial charge in [-0.15, -0.1) is 0 Å². The highest BCUT2D eigenvalue weighted by Crippen LogP contribution is 2.30. The van der Waals surface area contributed by atoms with E-state index in [-0.39, 0.29) is 5.75 Å². The quantitative estimate of drug-likeness (QED) is 0.614. The summed E-state index contributed by atoms with van der Waals surface area (Å²) in [5, 5.41) is 13.6. The van der Waals surface area contributed by atoms with Crippen LogP contribution >= 0.6 is 0 Å². The molecule has 0 spiro atoms. The van der Waals surface area contributed by atoms with Crippen LogP contribution in [0.4, 0.5) is 5.69 Å². The van der Waals surface area contributed by atoms with Gasteiger partial charge in [0.25, 0.3) is 0 Å². The second kappa shape index (κ2) is 8.10. The van der Waals surface area contributed by atoms with E-state index >= 15 is 0 Å². The Morgan fingerprint density at radius 3 is 2.79 bits per heavy atom. The molecule has 1 aromatic heterocycles. The van der Waals surface area contributed by atoms with Gasteiger partial charge in [-0.3, -0.25) is 0 Å². The molecule has 1 fully saturated rings. The summed E-state index contributed by atoms with van der Waals surface area (Å²) >= 11 is 0. The normalized spacial score (nSPS) is 15.1. The van der Waals surface area contributed by atoms with Gasteiger partial charge in [0.15, 0.2) is 17.3 Å². The molecule has 0 aliphatic carbocycles. The maximum Gasteiger partial charge on any atom is 0.165 e. The Balaban J connectivity index is 1.50. The van der Waals surface area contributed by atoms with Crippen LogP contribution in [0.5, 0.6) is 11.5 Å². The molecular weight excluding hydrogens is 352 g/mol. The Morgan fingerprint density at radius 2 is 2.00 bits per heavy atom. The molecule has 1 aliphatic rings. The van der Waals surface area contributed by atoms with Crippen LogP contribution in [0.25, 0.3) is 11.0 Å². The van der Waals surface area contributed by atoms with Gasteiger partial charge in [-0.25, -0.2) is 4.98 Å². The maximum atomic E-state index is 10.3. The first-order valence-electron chi connectivity index (χ1n) is 10.0. The first-order chi connectivity index (χ1) is 13.7. The van der Waals surface area contributed by atoms with Crippen molar-refractivity contribution in [2.24, 2.45) is 7.05 Å². The molecule has 2 aromatic carbocycles. The van der Waals surface area contributed by atoms with Crippen molar-refractivity contribution in [3.8, 4) is 11.5 Å². The number of hydrogen-bond donors (Lipinski definition) is 3. The summed E-state index contributed by atoms with van der Waals surface area (Å²) in [4.78, 5) is 6.54. The number of aryl methyl sites for hydroxylation is 1. The first-order valence-corrected chi connectivity index (χ1v) is 10.0. The van der Waals surface area contributed by atoms with Gasteiger partial charge in [0.1, 0.15) is 6.54 Å². The second-order valence-electron chi connectivity index (χ2n) is 7.60. The van der Waals surface area contributed by atoms with Crippen molar-refractivity contribution in [1.82, 2.24) is 9.55 Å². The lowest BCUT2D eigenvalue weighted by atomic mass is 10.1. The first kappa shape index (κ1) is 18.6. The van der Waals surface area contributed by atoms with E-state index in [2.05, 4.69) is 35.1 Å². The lowest BCUT2D eigenvalue weighted by molar-refractivity contribution is -0.919. The Labute approximate surface area is 165 Å². The van der Waals surface area contributed by atoms with Crippen LogP contribution in [0, 0.1) is 0 Å². The van der Waals surface area contributed by atoms with Gasteiger partial charge in [0.05, 0.1) is 31.2 Å². The minimum Gasteiger partial charge on any atom is -0.504 e. The SMILES string of the molecule is COc1cccc(CNc2ccc3c(c2)nc(C[NH+]2CCCCC2)n3C)c1O. The number of phenols is 1. The van der Waals surface area contributed by atoms with E-state index in [4.69, 9.17) is 9.72 Å². The summed E-state index contributed by atoms with van der Waals surface area (Å²) in [7, 11) is 3.67. The number of likely N-dealkylation sites (tertiary alicyclic amines) is 1. The molecule has 0 unspecified atom stereocenters. The molecule has 148 valence electrons. The Bertz CT molecular complexity index is 961. The predicted molar refractivity (Wildman–Crippen MR) is 111 cm³/mol. The molecule has 2 heterocycles. The molecule has 4 rings (SSSR count). The van der Waals surface area contributed by atoms with E-state index in [0.29, 0.717) is 12.3 Å². The number of rotatable bonds is 6. The number of methoxy groups -OCH3 is 1. The summed E-state index contributed by atoms with van der Waals surface area (Å²) < 4.78 is 7.40. The van der Waals surface area contributed by atoms with Crippen molar-refractivity contribution in [2.45, 2.75) is 32.4 Å². The summed E-state index contributed by atoms with van der Waals surface area (Å²) in [6, 6.07) is 11.8. The van der Waals surface area contributed by atoms with Crippen molar-refractivity contribution in [1.29, 1.82) is 0 Å². The van der Waals surface area contributed by atoms with Crippen LogP contribution in [-0.4, -0.2) is 34.9 Å². The third-order valence-electron chi connectivity index (χ3n) is 5.73. The second-order valence-corrected chi connectivity index (χ2v) is 7.60. The Morgan fingerprint density at radius 1 is 1.18 bits per heavy atom. The van der Waals surface area contributed by atoms with Gasteiger partial charge in [-0.05, 0) is 43.5 Å². The number of nitrogens with zero attached hydrogens (tertiary/aromatic N) is 2. The smallest absolute Gasteiger partial charge is 0.165 e. The van der Waals surface area contributed by atoms with E-state index < -0.39 is 0 Å². The Hall–Kier alpha value is -2.73. The number of imidazole rings is 1. The number of hydrogen-bond acceptors (Lipinski definition) is 4. The van der Waals surface area contributed by atoms with Crippen LogP contribution in [0.3, 0.4) is 0 Å². The zero-order chi connectivity index (χ0) is 19.5. The third kappa shape index (κ3) is 3.78. The van der Waals surface area contributed by atoms with Gasteiger partial charge < -0.3 is 24.6 Å². The minimum atomic E-state index is 0.184. The van der Waals surface area contributed by atoms with E-state index in [9.17, 15) is 5.11 Å². The van der Waals surface area contributed by atoms with E-state index in [1.54, 1.807) is 18.1 Å². The van der Waals surface area contributed by atoms with Gasteiger partial charge in [0.2, 0.25) is 0 Å². The minimum absolute atomic E-state index is 0.184. The van der Waals surface area contributed by atoms with Gasteiger partial charge in [-0.2, -0.15) is 0 Å². The van der Waals surface area contributed by atoms with E-state index in [1.165, 1.54) is 32.4 Å². The van der Waals surface area contributed by atoms with Crippen molar-refractivity contribution in [3.63, 3.8) is 0 Å². The van der Waals surface area contributed by atoms with Crippen molar-refractivity contribution >= 4 is 16.7 Å². The average molecular weight is 382 g/mol. The number of phenolic OH excluding ortho intramolecular Hbond substituents is 1. The third-order valence-corrected chi connectivity index (χ3v) is 5.73. The number of anilines is 1. The molecular formula is C22H29N4O2+. The molecule has 3 aromatic rings. The summed E-state index contributed by atoms with van der Waals surface area (Å²) in [5.41, 5.74) is 3.95. The average Bonchev–Trinajstić information content (AvgIpc) is 3.03. The molecule has 0 radical (unpaired) electrons. The van der Waals surface area contributed by atoms with Gasteiger partial charge in [0, 0.05) is 24.8 Å². The number of para-hydroxylation sites is 1. The number of nitrogens with one attached hydrogen (secondary N) is 2. The predicted octanol–water partition coefficient (Wildman–Crippen LogP) is 2.47. The highest BCUT2D eigenvalue weighted by Gasteiger charge is 2.18. The van der Waals surface area contributed by atoms with Crippen molar-refractivity contribution < 1.29 is 14.7 Å². The molecule has 6 nitrogen and oxygen atoms in total. The monoisotopic (exact) mass is 381 g/mol. The lowest BCUT2D eigenvalue weighted by Gasteiger charge is -2.23. The molecule has 0 amide bonds. The van der Waals surface area contributed by atoms with Crippen LogP contribution in [0.2, 0.25) is 0 Å². The fraction of sp³-hybridized carbons (Fsp3) is 0.409. The highest BCUT2D eigenvalue weighted by molar-refractivity contribution is 5.80. The zero-order valence-electron chi connectivity index (χ0n) is 16.7. The molecule has 1 saturated heterocycles. The molecule has 0 saturated carbocycles. The molecule has 1 aliphatic heterocycles. The van der Waals surface area contributed by atoms with E-state index in [0.717, 1.165) is 34.7 Å². The van der Waals surface area contributed by atoms with Gasteiger partial charge >= 0.3 is 0 Å². The highest BCUT2D eigenvalue weighted by atomic mass is 16.5. The molecule has 28 heavy (non-hydrogen) atoms. The van der Waals surface area contributed by atoms with Crippen LogP contribution in [-0.2, 0) is 20.1 Å². The standard InChI is InChI=1S/C22H28N4O2/c1-25-19-10-9-17(23-14-16-7-6-8-20(28-2)22(16)27)13-18(19)24-21(25)15-26-11-4-3-5-12-26/h6-10,13,23,27H,3-5,11-12,14-15H2,1-2H3/p+1. The summed E-state index contributed by atoms with van der Waals surface area (Å²) in [5.74, 6) is 1.82. The maximum absolute atomic E-state index is 10.3. The van der Waals surface area contributed by atoms with Crippen LogP contribution in [0.15, 0.2) is 36.4 Å². The Kier molecular flexibility index (Phi) is 5.39. The fourth-order valence-corrected chi connectivity index (χ4v) is 4.04.